The van der Waals surface area contributed by atoms with E-state index in [-0.39, 0.29) is 10.8 Å². The van der Waals surface area contributed by atoms with Gasteiger partial charge in [-0.15, -0.1) is 0 Å². The quantitative estimate of drug-likeness (QED) is 0.726. The molecule has 1 aliphatic rings. The van der Waals surface area contributed by atoms with E-state index >= 15 is 0 Å². The molecule has 0 spiro atoms. The molecule has 1 saturated heterocycles. The second-order valence-corrected chi connectivity index (χ2v) is 9.23. The minimum Gasteiger partial charge on any atom is -0.481 e. The van der Waals surface area contributed by atoms with E-state index in [1.165, 1.54) is 12.1 Å². The van der Waals surface area contributed by atoms with Crippen molar-refractivity contribution in [3.05, 3.63) is 54.1 Å². The summed E-state index contributed by atoms with van der Waals surface area (Å²) in [6, 6.07) is 13.4. The number of hydrogen-bond donors (Lipinski definition) is 1. The Morgan fingerprint density at radius 1 is 1.00 bits per heavy atom. The lowest BCUT2D eigenvalue weighted by molar-refractivity contribution is -0.142. The summed E-state index contributed by atoms with van der Waals surface area (Å²) in [7, 11) is -3.72. The van der Waals surface area contributed by atoms with Gasteiger partial charge in [-0.05, 0) is 54.8 Å². The number of hydrogen-bond acceptors (Lipinski definition) is 5. The van der Waals surface area contributed by atoms with Crippen molar-refractivity contribution >= 4 is 21.6 Å². The molecule has 1 N–H and O–H groups in total. The number of nitrogens with one attached hydrogen (secondary N) is 1. The molecule has 8 heteroatoms. The number of morpholine rings is 1. The highest BCUT2D eigenvalue weighted by atomic mass is 32.2. The van der Waals surface area contributed by atoms with Crippen molar-refractivity contribution < 1.29 is 22.7 Å². The monoisotopic (exact) mass is 432 g/mol. The number of carbonyl (C=O) groups is 1. The molecule has 0 bridgehead atoms. The lowest BCUT2D eigenvalue weighted by Gasteiger charge is -2.29. The van der Waals surface area contributed by atoms with Gasteiger partial charge < -0.3 is 14.4 Å². The third kappa shape index (κ3) is 5.52. The molecule has 0 radical (unpaired) electrons. The van der Waals surface area contributed by atoms with Crippen LogP contribution in [0.2, 0.25) is 0 Å². The van der Waals surface area contributed by atoms with E-state index < -0.39 is 16.1 Å². The third-order valence-corrected chi connectivity index (χ3v) is 6.34. The smallest absolute Gasteiger partial charge is 0.263 e. The van der Waals surface area contributed by atoms with Crippen molar-refractivity contribution in [2.75, 3.05) is 31.0 Å². The minimum atomic E-state index is -3.72. The Bertz CT molecular complexity index is 950. The molecule has 0 saturated carbocycles. The summed E-state index contributed by atoms with van der Waals surface area (Å²) in [6.45, 7) is 8.00. The maximum Gasteiger partial charge on any atom is 0.263 e. The number of carbonyl (C=O) groups excluding carboxylic acids is 1. The first-order valence-electron chi connectivity index (χ1n) is 10.0. The SMILES string of the molecule is CC(C)c1ccc(NS(=O)(=O)c2ccc(O[C@H](C)C(=O)N3CCOCC3)cc2)cc1. The van der Waals surface area contributed by atoms with Gasteiger partial charge in [0.2, 0.25) is 0 Å². The first-order valence-corrected chi connectivity index (χ1v) is 11.5. The number of ether oxygens (including phenoxy) is 2. The molecular weight excluding hydrogens is 404 g/mol. The van der Waals surface area contributed by atoms with Crippen molar-refractivity contribution in [2.45, 2.75) is 37.7 Å². The zero-order valence-corrected chi connectivity index (χ0v) is 18.3. The summed E-state index contributed by atoms with van der Waals surface area (Å²) in [5, 5.41) is 0. The van der Waals surface area contributed by atoms with Gasteiger partial charge in [0.1, 0.15) is 5.75 Å². The number of rotatable bonds is 7. The number of amides is 1. The van der Waals surface area contributed by atoms with E-state index in [1.807, 2.05) is 12.1 Å². The van der Waals surface area contributed by atoms with E-state index in [1.54, 1.807) is 36.1 Å². The fraction of sp³-hybridized carbons (Fsp3) is 0.409. The average molecular weight is 433 g/mol. The molecule has 1 amide bonds. The van der Waals surface area contributed by atoms with Crippen LogP contribution in [0.25, 0.3) is 0 Å². The molecule has 2 aromatic carbocycles. The van der Waals surface area contributed by atoms with Gasteiger partial charge in [-0.25, -0.2) is 8.42 Å². The number of nitrogens with zero attached hydrogens (tertiary/aromatic N) is 1. The van der Waals surface area contributed by atoms with Crippen LogP contribution >= 0.6 is 0 Å². The highest BCUT2D eigenvalue weighted by molar-refractivity contribution is 7.92. The zero-order chi connectivity index (χ0) is 21.7. The standard InChI is InChI=1S/C22H28N2O5S/c1-16(2)18-4-6-19(7-5-18)23-30(26,27)21-10-8-20(9-11-21)29-17(3)22(25)24-12-14-28-15-13-24/h4-11,16-17,23H,12-15H2,1-3H3/t17-/m1/s1. The highest BCUT2D eigenvalue weighted by Crippen LogP contribution is 2.22. The molecule has 0 aliphatic carbocycles. The second kappa shape index (κ2) is 9.49. The molecule has 1 aliphatic heterocycles. The predicted octanol–water partition coefficient (Wildman–Crippen LogP) is 3.24. The number of anilines is 1. The maximum atomic E-state index is 12.6. The molecule has 1 atom stereocenters. The predicted molar refractivity (Wildman–Crippen MR) is 115 cm³/mol. The molecule has 3 rings (SSSR count). The van der Waals surface area contributed by atoms with Gasteiger partial charge in [-0.3, -0.25) is 9.52 Å². The van der Waals surface area contributed by atoms with Crippen LogP contribution in [-0.4, -0.2) is 51.6 Å². The number of benzene rings is 2. The molecule has 1 heterocycles. The Hall–Kier alpha value is -2.58. The van der Waals surface area contributed by atoms with Gasteiger partial charge in [-0.1, -0.05) is 26.0 Å². The molecule has 2 aromatic rings. The fourth-order valence-electron chi connectivity index (χ4n) is 3.14. The van der Waals surface area contributed by atoms with Crippen molar-refractivity contribution in [3.63, 3.8) is 0 Å². The van der Waals surface area contributed by atoms with Crippen LogP contribution in [0, 0.1) is 0 Å². The molecule has 30 heavy (non-hydrogen) atoms. The maximum absolute atomic E-state index is 12.6. The zero-order valence-electron chi connectivity index (χ0n) is 17.5. The van der Waals surface area contributed by atoms with Crippen LogP contribution in [0.5, 0.6) is 5.75 Å². The Balaban J connectivity index is 1.63. The summed E-state index contributed by atoms with van der Waals surface area (Å²) >= 11 is 0. The summed E-state index contributed by atoms with van der Waals surface area (Å²) < 4.78 is 38.8. The Morgan fingerprint density at radius 2 is 1.60 bits per heavy atom. The Kier molecular flexibility index (Phi) is 6.99. The van der Waals surface area contributed by atoms with E-state index in [0.29, 0.717) is 43.7 Å². The lowest BCUT2D eigenvalue weighted by atomic mass is 10.0. The summed E-state index contributed by atoms with van der Waals surface area (Å²) in [4.78, 5) is 14.3. The fourth-order valence-corrected chi connectivity index (χ4v) is 4.20. The molecule has 7 nitrogen and oxygen atoms in total. The molecule has 1 fully saturated rings. The Labute approximate surface area is 178 Å². The topological polar surface area (TPSA) is 84.9 Å². The van der Waals surface area contributed by atoms with Crippen LogP contribution < -0.4 is 9.46 Å². The van der Waals surface area contributed by atoms with Crippen molar-refractivity contribution in [3.8, 4) is 5.75 Å². The number of sulfonamides is 1. The first kappa shape index (κ1) is 22.1. The lowest BCUT2D eigenvalue weighted by Crippen LogP contribution is -2.46. The van der Waals surface area contributed by atoms with Gasteiger partial charge in [0.15, 0.2) is 6.10 Å². The van der Waals surface area contributed by atoms with Gasteiger partial charge in [-0.2, -0.15) is 0 Å². The van der Waals surface area contributed by atoms with Gasteiger partial charge in [0.05, 0.1) is 18.1 Å². The molecule has 0 unspecified atom stereocenters. The summed E-state index contributed by atoms with van der Waals surface area (Å²) in [6.07, 6.45) is -0.664. The van der Waals surface area contributed by atoms with E-state index in [4.69, 9.17) is 9.47 Å². The molecule has 162 valence electrons. The second-order valence-electron chi connectivity index (χ2n) is 7.55. The average Bonchev–Trinajstić information content (AvgIpc) is 2.74. The van der Waals surface area contributed by atoms with Crippen LogP contribution in [-0.2, 0) is 19.6 Å². The molecular formula is C22H28N2O5S. The first-order chi connectivity index (χ1) is 14.3. The van der Waals surface area contributed by atoms with E-state index in [0.717, 1.165) is 5.56 Å². The van der Waals surface area contributed by atoms with Crippen LogP contribution in [0.15, 0.2) is 53.4 Å². The van der Waals surface area contributed by atoms with Crippen LogP contribution in [0.4, 0.5) is 5.69 Å². The Morgan fingerprint density at radius 3 is 2.17 bits per heavy atom. The largest absolute Gasteiger partial charge is 0.481 e. The van der Waals surface area contributed by atoms with Crippen LogP contribution in [0.3, 0.4) is 0 Å². The minimum absolute atomic E-state index is 0.110. The summed E-state index contributed by atoms with van der Waals surface area (Å²) in [5.41, 5.74) is 1.64. The van der Waals surface area contributed by atoms with Crippen molar-refractivity contribution in [2.24, 2.45) is 0 Å². The summed E-state index contributed by atoms with van der Waals surface area (Å²) in [5.74, 6) is 0.701. The van der Waals surface area contributed by atoms with Crippen molar-refractivity contribution in [1.82, 2.24) is 4.90 Å². The normalized spacial score (nSPS) is 15.7. The van der Waals surface area contributed by atoms with E-state index in [9.17, 15) is 13.2 Å². The highest BCUT2D eigenvalue weighted by Gasteiger charge is 2.24. The third-order valence-electron chi connectivity index (χ3n) is 4.95. The van der Waals surface area contributed by atoms with Gasteiger partial charge >= 0.3 is 0 Å². The van der Waals surface area contributed by atoms with Crippen molar-refractivity contribution in [1.29, 1.82) is 0 Å². The van der Waals surface area contributed by atoms with Gasteiger partial charge in [0.25, 0.3) is 15.9 Å². The van der Waals surface area contributed by atoms with Gasteiger partial charge in [0, 0.05) is 18.8 Å². The molecule has 0 aromatic heterocycles. The van der Waals surface area contributed by atoms with Crippen LogP contribution in [0.1, 0.15) is 32.3 Å². The van der Waals surface area contributed by atoms with E-state index in [2.05, 4.69) is 18.6 Å².